The van der Waals surface area contributed by atoms with Crippen LogP contribution in [-0.4, -0.2) is 29.2 Å². The molecule has 19 heavy (non-hydrogen) atoms. The summed E-state index contributed by atoms with van der Waals surface area (Å²) in [6.45, 7) is 5.39. The smallest absolute Gasteiger partial charge is 0.269 e. The van der Waals surface area contributed by atoms with E-state index in [1.54, 1.807) is 12.1 Å². The van der Waals surface area contributed by atoms with Crippen LogP contribution in [0.4, 0.5) is 11.4 Å². The van der Waals surface area contributed by atoms with Crippen LogP contribution in [0.15, 0.2) is 24.3 Å². The van der Waals surface area contributed by atoms with E-state index < -0.39 is 4.92 Å². The number of rotatable bonds is 6. The first-order valence-electron chi connectivity index (χ1n) is 6.01. The van der Waals surface area contributed by atoms with Gasteiger partial charge in [0.25, 0.3) is 5.69 Å². The van der Waals surface area contributed by atoms with Gasteiger partial charge in [-0.05, 0) is 38.2 Å². The van der Waals surface area contributed by atoms with Crippen molar-refractivity contribution in [1.29, 1.82) is 0 Å². The molecule has 0 aliphatic heterocycles. The third-order valence-electron chi connectivity index (χ3n) is 2.24. The quantitative estimate of drug-likeness (QED) is 0.320. The highest BCUT2D eigenvalue weighted by molar-refractivity contribution is 7.80. The third kappa shape index (κ3) is 6.01. The number of nitro groups is 1. The molecular weight excluding hydrogens is 264 g/mol. The van der Waals surface area contributed by atoms with Gasteiger partial charge in [0, 0.05) is 37.0 Å². The van der Waals surface area contributed by atoms with Crippen LogP contribution in [-0.2, 0) is 0 Å². The van der Waals surface area contributed by atoms with Crippen molar-refractivity contribution in [3.05, 3.63) is 34.4 Å². The van der Waals surface area contributed by atoms with Crippen LogP contribution in [0.1, 0.15) is 13.8 Å². The highest BCUT2D eigenvalue weighted by atomic mass is 32.1. The SMILES string of the molecule is CC(C)NC(=S)NCCNc1ccc([N+](=O)[O-])cc1. The molecule has 1 aromatic carbocycles. The molecule has 0 unspecified atom stereocenters. The highest BCUT2D eigenvalue weighted by Crippen LogP contribution is 2.14. The molecule has 0 radical (unpaired) electrons. The summed E-state index contributed by atoms with van der Waals surface area (Å²) in [5.74, 6) is 0. The molecule has 6 nitrogen and oxygen atoms in total. The number of non-ortho nitro benzene ring substituents is 1. The number of benzene rings is 1. The summed E-state index contributed by atoms with van der Waals surface area (Å²) >= 11 is 5.08. The fraction of sp³-hybridized carbons (Fsp3) is 0.417. The molecule has 0 spiro atoms. The van der Waals surface area contributed by atoms with Crippen LogP contribution in [0, 0.1) is 10.1 Å². The number of hydrogen-bond donors (Lipinski definition) is 3. The van der Waals surface area contributed by atoms with Crippen molar-refractivity contribution in [1.82, 2.24) is 10.6 Å². The van der Waals surface area contributed by atoms with Gasteiger partial charge < -0.3 is 16.0 Å². The van der Waals surface area contributed by atoms with E-state index in [-0.39, 0.29) is 5.69 Å². The van der Waals surface area contributed by atoms with Crippen molar-refractivity contribution in [2.24, 2.45) is 0 Å². The Morgan fingerprint density at radius 1 is 1.32 bits per heavy atom. The summed E-state index contributed by atoms with van der Waals surface area (Å²) in [6.07, 6.45) is 0. The lowest BCUT2D eigenvalue weighted by atomic mass is 10.3. The average molecular weight is 282 g/mol. The molecule has 0 atom stereocenters. The van der Waals surface area contributed by atoms with Crippen molar-refractivity contribution in [3.63, 3.8) is 0 Å². The lowest BCUT2D eigenvalue weighted by Crippen LogP contribution is -2.40. The largest absolute Gasteiger partial charge is 0.383 e. The van der Waals surface area contributed by atoms with E-state index in [1.165, 1.54) is 12.1 Å². The van der Waals surface area contributed by atoms with Gasteiger partial charge in [0.1, 0.15) is 0 Å². The first-order valence-corrected chi connectivity index (χ1v) is 6.42. The predicted molar refractivity (Wildman–Crippen MR) is 80.5 cm³/mol. The molecule has 3 N–H and O–H groups in total. The molecule has 104 valence electrons. The summed E-state index contributed by atoms with van der Waals surface area (Å²) in [4.78, 5) is 10.1. The fourth-order valence-corrected chi connectivity index (χ4v) is 1.73. The molecule has 0 aliphatic rings. The van der Waals surface area contributed by atoms with Crippen LogP contribution < -0.4 is 16.0 Å². The minimum atomic E-state index is -0.415. The van der Waals surface area contributed by atoms with Crippen molar-refractivity contribution in [3.8, 4) is 0 Å². The molecule has 0 amide bonds. The standard InChI is InChI=1S/C12H18N4O2S/c1-9(2)15-12(19)14-8-7-13-10-3-5-11(6-4-10)16(17)18/h3-6,9,13H,7-8H2,1-2H3,(H2,14,15,19). The predicted octanol–water partition coefficient (Wildman–Crippen LogP) is 1.88. The number of nitro benzene ring substituents is 1. The Morgan fingerprint density at radius 3 is 2.47 bits per heavy atom. The second-order valence-electron chi connectivity index (χ2n) is 4.29. The van der Waals surface area contributed by atoms with Gasteiger partial charge in [-0.1, -0.05) is 0 Å². The Labute approximate surface area is 117 Å². The molecule has 0 bridgehead atoms. The van der Waals surface area contributed by atoms with Gasteiger partial charge in [0.05, 0.1) is 4.92 Å². The van der Waals surface area contributed by atoms with E-state index in [0.717, 1.165) is 5.69 Å². The van der Waals surface area contributed by atoms with Crippen molar-refractivity contribution >= 4 is 28.7 Å². The van der Waals surface area contributed by atoms with E-state index in [0.29, 0.717) is 24.2 Å². The van der Waals surface area contributed by atoms with Crippen LogP contribution in [0.2, 0.25) is 0 Å². The van der Waals surface area contributed by atoms with Gasteiger partial charge >= 0.3 is 0 Å². The molecular formula is C12H18N4O2S. The van der Waals surface area contributed by atoms with Crippen molar-refractivity contribution in [2.45, 2.75) is 19.9 Å². The molecule has 0 heterocycles. The van der Waals surface area contributed by atoms with Gasteiger partial charge in [0.15, 0.2) is 5.11 Å². The number of thiocarbonyl (C=S) groups is 1. The molecule has 0 aliphatic carbocycles. The highest BCUT2D eigenvalue weighted by Gasteiger charge is 2.03. The molecule has 0 aromatic heterocycles. The lowest BCUT2D eigenvalue weighted by molar-refractivity contribution is -0.384. The summed E-state index contributed by atoms with van der Waals surface area (Å²) in [5, 5.41) is 20.4. The monoisotopic (exact) mass is 282 g/mol. The Morgan fingerprint density at radius 2 is 1.95 bits per heavy atom. The zero-order valence-electron chi connectivity index (χ0n) is 11.0. The molecule has 1 aromatic rings. The molecule has 0 fully saturated rings. The second-order valence-corrected chi connectivity index (χ2v) is 4.69. The van der Waals surface area contributed by atoms with Crippen LogP contribution in [0.5, 0.6) is 0 Å². The Balaban J connectivity index is 2.26. The topological polar surface area (TPSA) is 79.2 Å². The zero-order valence-corrected chi connectivity index (χ0v) is 11.8. The van der Waals surface area contributed by atoms with Gasteiger partial charge in [-0.2, -0.15) is 0 Å². The maximum atomic E-state index is 10.5. The summed E-state index contributed by atoms with van der Waals surface area (Å²) in [6, 6.07) is 6.62. The first-order chi connectivity index (χ1) is 8.99. The van der Waals surface area contributed by atoms with Gasteiger partial charge in [-0.15, -0.1) is 0 Å². The van der Waals surface area contributed by atoms with E-state index in [2.05, 4.69) is 16.0 Å². The zero-order chi connectivity index (χ0) is 14.3. The molecule has 0 saturated carbocycles. The number of anilines is 1. The van der Waals surface area contributed by atoms with Crippen molar-refractivity contribution < 1.29 is 4.92 Å². The maximum absolute atomic E-state index is 10.5. The second kappa shape index (κ2) is 7.52. The average Bonchev–Trinajstić information content (AvgIpc) is 2.34. The van der Waals surface area contributed by atoms with Gasteiger partial charge in [-0.3, -0.25) is 10.1 Å². The first kappa shape index (κ1) is 15.2. The molecule has 1 rings (SSSR count). The van der Waals surface area contributed by atoms with E-state index in [1.807, 2.05) is 13.8 Å². The fourth-order valence-electron chi connectivity index (χ4n) is 1.40. The minimum Gasteiger partial charge on any atom is -0.383 e. The summed E-state index contributed by atoms with van der Waals surface area (Å²) in [7, 11) is 0. The van der Waals surface area contributed by atoms with Crippen molar-refractivity contribution in [2.75, 3.05) is 18.4 Å². The van der Waals surface area contributed by atoms with Gasteiger partial charge in [-0.25, -0.2) is 0 Å². The number of nitrogens with one attached hydrogen (secondary N) is 3. The van der Waals surface area contributed by atoms with Crippen LogP contribution >= 0.6 is 12.2 Å². The minimum absolute atomic E-state index is 0.0889. The molecule has 0 saturated heterocycles. The molecule has 7 heteroatoms. The number of nitrogens with zero attached hydrogens (tertiary/aromatic N) is 1. The van der Waals surface area contributed by atoms with Gasteiger partial charge in [0.2, 0.25) is 0 Å². The normalized spacial score (nSPS) is 10.1. The summed E-state index contributed by atoms with van der Waals surface area (Å²) in [5.41, 5.74) is 0.932. The van der Waals surface area contributed by atoms with E-state index in [4.69, 9.17) is 12.2 Å². The van der Waals surface area contributed by atoms with E-state index >= 15 is 0 Å². The summed E-state index contributed by atoms with van der Waals surface area (Å²) < 4.78 is 0. The Bertz CT molecular complexity index is 434. The number of hydrogen-bond acceptors (Lipinski definition) is 4. The Kier molecular flexibility index (Phi) is 6.01. The van der Waals surface area contributed by atoms with E-state index in [9.17, 15) is 10.1 Å². The van der Waals surface area contributed by atoms with Crippen LogP contribution in [0.25, 0.3) is 0 Å². The lowest BCUT2D eigenvalue weighted by Gasteiger charge is -2.13. The Hall–Kier alpha value is -1.89. The third-order valence-corrected chi connectivity index (χ3v) is 2.50. The van der Waals surface area contributed by atoms with Crippen LogP contribution in [0.3, 0.4) is 0 Å². The maximum Gasteiger partial charge on any atom is 0.269 e.